The Morgan fingerprint density at radius 2 is 0.630 bits per heavy atom. The monoisotopic (exact) mass is 598 g/mol. The summed E-state index contributed by atoms with van der Waals surface area (Å²) in [6.07, 6.45) is 12.1. The molecule has 0 saturated carbocycles. The molecular formula is C34H22N12. The highest BCUT2D eigenvalue weighted by atomic mass is 15.1. The van der Waals surface area contributed by atoms with Gasteiger partial charge in [0.1, 0.15) is 61.4 Å². The molecule has 0 aliphatic heterocycles. The molecule has 0 atom stereocenters. The number of hydrogen-bond acceptors (Lipinski definition) is 12. The second-order valence-electron chi connectivity index (χ2n) is 11.4. The maximum atomic E-state index is 4.73. The van der Waals surface area contributed by atoms with Gasteiger partial charge in [0.25, 0.3) is 0 Å². The molecule has 0 bridgehead atoms. The molecule has 0 saturated heterocycles. The molecule has 7 aromatic rings. The van der Waals surface area contributed by atoms with Crippen LogP contribution in [-0.4, -0.2) is 59.8 Å². The van der Waals surface area contributed by atoms with Crippen LogP contribution in [0.4, 0.5) is 0 Å². The molecule has 12 nitrogen and oxygen atoms in total. The summed E-state index contributed by atoms with van der Waals surface area (Å²) in [5, 5.41) is 0. The fourth-order valence-corrected chi connectivity index (χ4v) is 7.26. The molecule has 2 aliphatic carbocycles. The normalized spacial score (nSPS) is 14.7. The number of hydrogen-bond donors (Lipinski definition) is 0. The molecule has 12 heteroatoms. The summed E-state index contributed by atoms with van der Waals surface area (Å²) in [6.45, 7) is 4.14. The first-order valence-electron chi connectivity index (χ1n) is 14.6. The number of fused-ring (bicyclic) bond motifs is 6. The third-order valence-electron chi connectivity index (χ3n) is 9.02. The SMILES string of the molecule is Cc1ccc2c(c1)C(c1ncncn1)(c1ncncn1)c1cc3c(cc1-2)C(c1ncncn1)(c1ncncn1)c1cc(C)ccc1-3. The number of benzene rings is 3. The third-order valence-corrected chi connectivity index (χ3v) is 9.02. The Morgan fingerprint density at radius 1 is 0.348 bits per heavy atom. The summed E-state index contributed by atoms with van der Waals surface area (Å²) in [5.41, 5.74) is 7.87. The third kappa shape index (κ3) is 3.32. The predicted molar refractivity (Wildman–Crippen MR) is 164 cm³/mol. The van der Waals surface area contributed by atoms with Crippen molar-refractivity contribution in [2.75, 3.05) is 0 Å². The smallest absolute Gasteiger partial charge is 0.154 e. The van der Waals surface area contributed by atoms with Crippen LogP contribution in [0.1, 0.15) is 56.7 Å². The Hall–Kier alpha value is -6.30. The quantitative estimate of drug-likeness (QED) is 0.290. The standard InChI is InChI=1S/C34H22N12/c1-19-3-5-21-23-9-28-24(10-27(23)33(25(21)7-19,29-39-11-35-12-40-29)30-41-13-36-14-42-30)22-6-4-20(2)8-26(22)34(28,31-43-15-37-16-44-31)32-45-17-38-18-46-32/h3-18H,1-2H3. The Kier molecular flexibility index (Phi) is 5.45. The minimum absolute atomic E-state index is 0.516. The number of rotatable bonds is 4. The average molecular weight is 599 g/mol. The second-order valence-corrected chi connectivity index (χ2v) is 11.4. The molecule has 0 amide bonds. The lowest BCUT2D eigenvalue weighted by atomic mass is 9.73. The topological polar surface area (TPSA) is 155 Å². The largest absolute Gasteiger partial charge is 0.225 e. The highest BCUT2D eigenvalue weighted by Gasteiger charge is 2.55. The summed E-state index contributed by atoms with van der Waals surface area (Å²) in [5.74, 6) is 2.07. The van der Waals surface area contributed by atoms with Gasteiger partial charge >= 0.3 is 0 Å². The van der Waals surface area contributed by atoms with E-state index in [1.54, 1.807) is 0 Å². The molecule has 0 radical (unpaired) electrons. The van der Waals surface area contributed by atoms with Crippen LogP contribution in [-0.2, 0) is 10.8 Å². The molecule has 0 fully saturated rings. The molecule has 4 heterocycles. The maximum absolute atomic E-state index is 4.73. The fourth-order valence-electron chi connectivity index (χ4n) is 7.26. The average Bonchev–Trinajstić information content (AvgIpc) is 3.55. The maximum Gasteiger partial charge on any atom is 0.154 e. The first-order chi connectivity index (χ1) is 22.6. The molecule has 2 aliphatic rings. The van der Waals surface area contributed by atoms with E-state index >= 15 is 0 Å². The zero-order valence-electron chi connectivity index (χ0n) is 24.6. The van der Waals surface area contributed by atoms with Gasteiger partial charge < -0.3 is 0 Å². The predicted octanol–water partition coefficient (Wildman–Crippen LogP) is 3.77. The van der Waals surface area contributed by atoms with Crippen LogP contribution >= 0.6 is 0 Å². The van der Waals surface area contributed by atoms with Crippen LogP contribution in [0.15, 0.2) is 99.1 Å². The Labute approximate surface area is 262 Å². The number of aromatic nitrogens is 12. The van der Waals surface area contributed by atoms with Crippen LogP contribution in [0.2, 0.25) is 0 Å². The fraction of sp³-hybridized carbons (Fsp3) is 0.118. The van der Waals surface area contributed by atoms with E-state index in [2.05, 4.69) is 82.3 Å². The van der Waals surface area contributed by atoms with Gasteiger partial charge in [0.2, 0.25) is 0 Å². The second kappa shape index (κ2) is 9.60. The summed E-state index contributed by atoms with van der Waals surface area (Å²) in [4.78, 5) is 54.4. The van der Waals surface area contributed by atoms with Crippen molar-refractivity contribution in [3.8, 4) is 22.3 Å². The summed E-state index contributed by atoms with van der Waals surface area (Å²) in [7, 11) is 0. The van der Waals surface area contributed by atoms with Crippen molar-refractivity contribution in [1.82, 2.24) is 59.8 Å². The lowest BCUT2D eigenvalue weighted by Gasteiger charge is -2.30. The molecule has 218 valence electrons. The van der Waals surface area contributed by atoms with Crippen LogP contribution < -0.4 is 0 Å². The summed E-state index contributed by atoms with van der Waals surface area (Å²) in [6, 6.07) is 17.2. The van der Waals surface area contributed by atoms with Gasteiger partial charge in [-0.15, -0.1) is 0 Å². The van der Waals surface area contributed by atoms with Crippen LogP contribution in [0, 0.1) is 13.8 Å². The van der Waals surface area contributed by atoms with E-state index in [9.17, 15) is 0 Å². The van der Waals surface area contributed by atoms with Gasteiger partial charge in [0.15, 0.2) is 23.3 Å². The first-order valence-corrected chi connectivity index (χ1v) is 14.6. The number of nitrogens with zero attached hydrogens (tertiary/aromatic N) is 12. The molecule has 46 heavy (non-hydrogen) atoms. The Balaban J connectivity index is 1.47. The number of aryl methyl sites for hydroxylation is 2. The molecule has 3 aromatic carbocycles. The van der Waals surface area contributed by atoms with Crippen molar-refractivity contribution in [3.05, 3.63) is 156 Å². The molecule has 0 unspecified atom stereocenters. The molecular weight excluding hydrogens is 576 g/mol. The highest BCUT2D eigenvalue weighted by molar-refractivity contribution is 5.93. The zero-order valence-corrected chi connectivity index (χ0v) is 24.6. The van der Waals surface area contributed by atoms with Gasteiger partial charge in [0, 0.05) is 0 Å². The molecule has 4 aromatic heterocycles. The van der Waals surface area contributed by atoms with E-state index in [1.165, 1.54) is 50.6 Å². The van der Waals surface area contributed by atoms with E-state index in [4.69, 9.17) is 39.9 Å². The minimum atomic E-state index is -1.05. The van der Waals surface area contributed by atoms with Gasteiger partial charge in [-0.1, -0.05) is 47.5 Å². The van der Waals surface area contributed by atoms with Crippen molar-refractivity contribution in [2.45, 2.75) is 24.7 Å². The van der Waals surface area contributed by atoms with E-state index in [-0.39, 0.29) is 0 Å². The van der Waals surface area contributed by atoms with Crippen molar-refractivity contribution in [2.24, 2.45) is 0 Å². The zero-order chi connectivity index (χ0) is 30.9. The summed E-state index contributed by atoms with van der Waals surface area (Å²) < 4.78 is 0. The van der Waals surface area contributed by atoms with Gasteiger partial charge in [-0.3, -0.25) is 0 Å². The van der Waals surface area contributed by atoms with E-state index in [0.29, 0.717) is 23.3 Å². The Bertz CT molecular complexity index is 2040. The van der Waals surface area contributed by atoms with Gasteiger partial charge in [-0.25, -0.2) is 59.8 Å². The van der Waals surface area contributed by atoms with E-state index in [0.717, 1.165) is 55.6 Å². The lowest BCUT2D eigenvalue weighted by Crippen LogP contribution is -2.34. The van der Waals surface area contributed by atoms with Gasteiger partial charge in [-0.2, -0.15) is 0 Å². The van der Waals surface area contributed by atoms with Gasteiger partial charge in [0.05, 0.1) is 0 Å². The van der Waals surface area contributed by atoms with Gasteiger partial charge in [-0.05, 0) is 70.5 Å². The van der Waals surface area contributed by atoms with Crippen LogP contribution in [0.5, 0.6) is 0 Å². The molecule has 0 N–H and O–H groups in total. The van der Waals surface area contributed by atoms with Crippen molar-refractivity contribution in [1.29, 1.82) is 0 Å². The van der Waals surface area contributed by atoms with Crippen LogP contribution in [0.3, 0.4) is 0 Å². The minimum Gasteiger partial charge on any atom is -0.225 e. The van der Waals surface area contributed by atoms with E-state index < -0.39 is 10.8 Å². The van der Waals surface area contributed by atoms with Crippen molar-refractivity contribution < 1.29 is 0 Å². The molecule has 0 spiro atoms. The summed E-state index contributed by atoms with van der Waals surface area (Å²) >= 11 is 0. The van der Waals surface area contributed by atoms with Crippen LogP contribution in [0.25, 0.3) is 22.3 Å². The lowest BCUT2D eigenvalue weighted by molar-refractivity contribution is 0.626. The molecule has 9 rings (SSSR count). The van der Waals surface area contributed by atoms with E-state index in [1.807, 2.05) is 0 Å². The highest BCUT2D eigenvalue weighted by Crippen LogP contribution is 2.61. The first kappa shape index (κ1) is 26.1. The Morgan fingerprint density at radius 3 is 0.935 bits per heavy atom. The van der Waals surface area contributed by atoms with Crippen molar-refractivity contribution in [3.63, 3.8) is 0 Å². The van der Waals surface area contributed by atoms with Crippen molar-refractivity contribution >= 4 is 0 Å².